The van der Waals surface area contributed by atoms with Crippen molar-refractivity contribution in [1.29, 1.82) is 0 Å². The molecule has 0 radical (unpaired) electrons. The van der Waals surface area contributed by atoms with E-state index < -0.39 is 14.7 Å². The van der Waals surface area contributed by atoms with Gasteiger partial charge in [-0.15, -0.1) is 18.2 Å². The lowest BCUT2D eigenvalue weighted by molar-refractivity contribution is 0.591. The van der Waals surface area contributed by atoms with Crippen molar-refractivity contribution in [1.82, 2.24) is 0 Å². The molecule has 0 spiro atoms. The van der Waals surface area contributed by atoms with Gasteiger partial charge in [0.1, 0.15) is 0 Å². The lowest BCUT2D eigenvalue weighted by Gasteiger charge is -2.16. The minimum atomic E-state index is -3.33. The fourth-order valence-electron chi connectivity index (χ4n) is 1.14. The second kappa shape index (κ2) is 4.37. The largest absolute Gasteiger partial charge is 0.224 e. The van der Waals surface area contributed by atoms with E-state index in [0.717, 1.165) is 0 Å². The molecular formula is C11H13ClO2S. The van der Waals surface area contributed by atoms with Gasteiger partial charge in [-0.25, -0.2) is 8.42 Å². The number of hydrogen-bond donors (Lipinski definition) is 0. The zero-order chi connectivity index (χ0) is 11.5. The van der Waals surface area contributed by atoms with Crippen molar-refractivity contribution in [3.05, 3.63) is 43.0 Å². The first kappa shape index (κ1) is 12.3. The third-order valence-corrected chi connectivity index (χ3v) is 4.42. The van der Waals surface area contributed by atoms with Crippen molar-refractivity contribution in [3.63, 3.8) is 0 Å². The summed E-state index contributed by atoms with van der Waals surface area (Å²) < 4.78 is 23.7. The highest BCUT2D eigenvalue weighted by molar-refractivity contribution is 7.91. The first-order valence-electron chi connectivity index (χ1n) is 4.48. The van der Waals surface area contributed by atoms with Crippen molar-refractivity contribution in [2.24, 2.45) is 0 Å². The Bertz CT molecular complexity index is 435. The van der Waals surface area contributed by atoms with E-state index in [2.05, 4.69) is 6.58 Å². The van der Waals surface area contributed by atoms with Crippen LogP contribution in [0.5, 0.6) is 0 Å². The quantitative estimate of drug-likeness (QED) is 0.603. The fourth-order valence-corrected chi connectivity index (χ4v) is 3.17. The van der Waals surface area contributed by atoms with Crippen LogP contribution in [0.1, 0.15) is 6.92 Å². The molecule has 4 heteroatoms. The Hall–Kier alpha value is -0.800. The maximum Gasteiger partial charge on any atom is 0.180 e. The lowest BCUT2D eigenvalue weighted by Crippen LogP contribution is -2.25. The highest BCUT2D eigenvalue weighted by Gasteiger charge is 2.26. The number of sulfone groups is 1. The molecule has 0 aromatic heterocycles. The summed E-state index contributed by atoms with van der Waals surface area (Å²) >= 11 is 5.96. The number of benzene rings is 1. The molecule has 0 N–H and O–H groups in total. The molecule has 82 valence electrons. The molecule has 1 rings (SSSR count). The van der Waals surface area contributed by atoms with Crippen LogP contribution in [0.3, 0.4) is 0 Å². The number of halogens is 1. The summed E-state index contributed by atoms with van der Waals surface area (Å²) in [5.41, 5.74) is 0. The number of allylic oxidation sites excluding steroid dienone is 1. The SMILES string of the molecule is C=CC(C)(Cl)CS(=O)(=O)c1ccccc1. The average Bonchev–Trinajstić information content (AvgIpc) is 2.18. The van der Waals surface area contributed by atoms with E-state index in [-0.39, 0.29) is 5.75 Å². The third-order valence-electron chi connectivity index (χ3n) is 2.00. The number of hydrogen-bond acceptors (Lipinski definition) is 2. The minimum Gasteiger partial charge on any atom is -0.224 e. The molecule has 1 aromatic carbocycles. The van der Waals surface area contributed by atoms with Gasteiger partial charge in [-0.2, -0.15) is 0 Å². The summed E-state index contributed by atoms with van der Waals surface area (Å²) in [6, 6.07) is 8.27. The van der Waals surface area contributed by atoms with Crippen molar-refractivity contribution >= 4 is 21.4 Å². The second-order valence-electron chi connectivity index (χ2n) is 3.55. The fraction of sp³-hybridized carbons (Fsp3) is 0.273. The summed E-state index contributed by atoms with van der Waals surface area (Å²) in [6.45, 7) is 5.14. The molecule has 0 saturated carbocycles. The standard InChI is InChI=1S/C11H13ClO2S/c1-3-11(2,12)9-15(13,14)10-7-5-4-6-8-10/h3-8H,1,9H2,2H3. The Morgan fingerprint density at radius 2 is 1.93 bits per heavy atom. The smallest absolute Gasteiger partial charge is 0.180 e. The predicted molar refractivity (Wildman–Crippen MR) is 62.9 cm³/mol. The van der Waals surface area contributed by atoms with Crippen LogP contribution in [0.2, 0.25) is 0 Å². The highest BCUT2D eigenvalue weighted by atomic mass is 35.5. The molecule has 0 fully saturated rings. The van der Waals surface area contributed by atoms with Gasteiger partial charge in [0.05, 0.1) is 15.5 Å². The molecule has 1 unspecified atom stereocenters. The summed E-state index contributed by atoms with van der Waals surface area (Å²) in [5.74, 6) is -0.144. The zero-order valence-electron chi connectivity index (χ0n) is 8.48. The molecule has 1 aromatic rings. The average molecular weight is 245 g/mol. The molecular weight excluding hydrogens is 232 g/mol. The maximum absolute atomic E-state index is 11.9. The molecule has 0 aliphatic heterocycles. The van der Waals surface area contributed by atoms with E-state index in [1.807, 2.05) is 0 Å². The van der Waals surface area contributed by atoms with Gasteiger partial charge in [-0.05, 0) is 19.1 Å². The molecule has 15 heavy (non-hydrogen) atoms. The van der Waals surface area contributed by atoms with E-state index in [9.17, 15) is 8.42 Å². The Kier molecular flexibility index (Phi) is 3.58. The van der Waals surface area contributed by atoms with Crippen LogP contribution < -0.4 is 0 Å². The summed E-state index contributed by atoms with van der Waals surface area (Å²) in [6.07, 6.45) is 1.44. The zero-order valence-corrected chi connectivity index (χ0v) is 10.1. The Morgan fingerprint density at radius 3 is 2.40 bits per heavy atom. The van der Waals surface area contributed by atoms with Gasteiger partial charge < -0.3 is 0 Å². The number of rotatable bonds is 4. The van der Waals surface area contributed by atoms with Gasteiger partial charge in [-0.1, -0.05) is 24.3 Å². The molecule has 0 saturated heterocycles. The van der Waals surface area contributed by atoms with E-state index in [4.69, 9.17) is 11.6 Å². The first-order chi connectivity index (χ1) is 6.87. The predicted octanol–water partition coefficient (Wildman–Crippen LogP) is 2.64. The van der Waals surface area contributed by atoms with Crippen LogP contribution in [0.4, 0.5) is 0 Å². The van der Waals surface area contributed by atoms with E-state index in [1.165, 1.54) is 6.08 Å². The van der Waals surface area contributed by atoms with Gasteiger partial charge in [0.25, 0.3) is 0 Å². The Labute approximate surface area is 95.5 Å². The molecule has 0 heterocycles. The topological polar surface area (TPSA) is 34.1 Å². The van der Waals surface area contributed by atoms with Gasteiger partial charge >= 0.3 is 0 Å². The van der Waals surface area contributed by atoms with Crippen LogP contribution >= 0.6 is 11.6 Å². The Balaban J connectivity index is 3.01. The lowest BCUT2D eigenvalue weighted by atomic mass is 10.2. The van der Waals surface area contributed by atoms with Crippen LogP contribution in [-0.4, -0.2) is 19.0 Å². The maximum atomic E-state index is 11.9. The van der Waals surface area contributed by atoms with Crippen LogP contribution in [0, 0.1) is 0 Å². The normalized spacial score (nSPS) is 15.6. The summed E-state index contributed by atoms with van der Waals surface area (Å²) in [4.78, 5) is -0.631. The van der Waals surface area contributed by atoms with Crippen molar-refractivity contribution in [2.45, 2.75) is 16.7 Å². The van der Waals surface area contributed by atoms with Crippen molar-refractivity contribution < 1.29 is 8.42 Å². The molecule has 2 nitrogen and oxygen atoms in total. The summed E-state index contributed by atoms with van der Waals surface area (Å²) in [5, 5.41) is 0. The van der Waals surface area contributed by atoms with E-state index >= 15 is 0 Å². The second-order valence-corrected chi connectivity index (χ2v) is 6.41. The van der Waals surface area contributed by atoms with Gasteiger partial charge in [0, 0.05) is 0 Å². The molecule has 0 aliphatic rings. The molecule has 0 aliphatic carbocycles. The monoisotopic (exact) mass is 244 g/mol. The van der Waals surface area contributed by atoms with Crippen molar-refractivity contribution in [3.8, 4) is 0 Å². The van der Waals surface area contributed by atoms with Gasteiger partial charge in [0.15, 0.2) is 9.84 Å². The van der Waals surface area contributed by atoms with Crippen LogP contribution in [-0.2, 0) is 9.84 Å². The number of alkyl halides is 1. The molecule has 0 amide bonds. The van der Waals surface area contributed by atoms with E-state index in [1.54, 1.807) is 37.3 Å². The Morgan fingerprint density at radius 1 is 1.40 bits per heavy atom. The highest BCUT2D eigenvalue weighted by Crippen LogP contribution is 2.22. The first-order valence-corrected chi connectivity index (χ1v) is 6.51. The molecule has 1 atom stereocenters. The molecule has 0 bridgehead atoms. The van der Waals surface area contributed by atoms with Gasteiger partial charge in [0.2, 0.25) is 0 Å². The van der Waals surface area contributed by atoms with E-state index in [0.29, 0.717) is 4.90 Å². The van der Waals surface area contributed by atoms with Gasteiger partial charge in [-0.3, -0.25) is 0 Å². The van der Waals surface area contributed by atoms with Crippen LogP contribution in [0.25, 0.3) is 0 Å². The third kappa shape index (κ3) is 3.36. The minimum absolute atomic E-state index is 0.144. The van der Waals surface area contributed by atoms with Crippen LogP contribution in [0.15, 0.2) is 47.9 Å². The van der Waals surface area contributed by atoms with Crippen molar-refractivity contribution in [2.75, 3.05) is 5.75 Å². The summed E-state index contributed by atoms with van der Waals surface area (Å²) in [7, 11) is -3.33.